The molecule has 0 aliphatic heterocycles. The smallest absolute Gasteiger partial charge is 0.324 e. The van der Waals surface area contributed by atoms with Gasteiger partial charge in [-0.05, 0) is 18.8 Å². The Morgan fingerprint density at radius 1 is 1.36 bits per heavy atom. The molecule has 3 fully saturated rings. The van der Waals surface area contributed by atoms with Crippen LogP contribution in [0.4, 0.5) is 0 Å². The molecule has 0 saturated heterocycles. The lowest BCUT2D eigenvalue weighted by molar-refractivity contribution is -0.152. The number of hydrogen-bond donors (Lipinski definition) is 3. The van der Waals surface area contributed by atoms with Gasteiger partial charge in [-0.15, -0.1) is 12.4 Å². The monoisotopic (exact) mass is 221 g/mol. The maximum atomic E-state index is 10.8. The highest BCUT2D eigenvalue weighted by molar-refractivity contribution is 5.85. The van der Waals surface area contributed by atoms with E-state index in [0.717, 1.165) is 0 Å². The second-order valence-corrected chi connectivity index (χ2v) is 4.02. The third-order valence-electron chi connectivity index (χ3n) is 3.44. The zero-order chi connectivity index (χ0) is 9.80. The fourth-order valence-corrected chi connectivity index (χ4v) is 2.70. The maximum Gasteiger partial charge on any atom is 0.324 e. The van der Waals surface area contributed by atoms with Gasteiger partial charge in [0.15, 0.2) is 0 Å². The van der Waals surface area contributed by atoms with Gasteiger partial charge in [-0.3, -0.25) is 9.59 Å². The molecule has 0 amide bonds. The van der Waals surface area contributed by atoms with Gasteiger partial charge in [-0.1, -0.05) is 0 Å². The van der Waals surface area contributed by atoms with Gasteiger partial charge < -0.3 is 15.9 Å². The summed E-state index contributed by atoms with van der Waals surface area (Å²) in [6.45, 7) is 0. The van der Waals surface area contributed by atoms with E-state index in [9.17, 15) is 9.59 Å². The first-order valence-electron chi connectivity index (χ1n) is 4.22. The van der Waals surface area contributed by atoms with Crippen molar-refractivity contribution in [3.63, 3.8) is 0 Å². The van der Waals surface area contributed by atoms with Crippen molar-refractivity contribution in [2.75, 3.05) is 0 Å². The van der Waals surface area contributed by atoms with Crippen molar-refractivity contribution in [2.24, 2.45) is 23.5 Å². The molecule has 3 saturated carbocycles. The SMILES string of the molecule is Cl.NC1(C(=O)O)CC2CC1C2C(=O)O. The fourth-order valence-electron chi connectivity index (χ4n) is 2.70. The van der Waals surface area contributed by atoms with Gasteiger partial charge in [-0.2, -0.15) is 0 Å². The number of halogens is 1. The summed E-state index contributed by atoms with van der Waals surface area (Å²) in [5, 5.41) is 17.6. The van der Waals surface area contributed by atoms with Crippen LogP contribution in [0, 0.1) is 17.8 Å². The van der Waals surface area contributed by atoms with Crippen molar-refractivity contribution >= 4 is 24.3 Å². The molecule has 0 radical (unpaired) electrons. The van der Waals surface area contributed by atoms with E-state index >= 15 is 0 Å². The quantitative estimate of drug-likeness (QED) is 0.606. The first-order valence-corrected chi connectivity index (χ1v) is 4.22. The number of nitrogens with two attached hydrogens (primary N) is 1. The molecule has 0 aromatic rings. The molecule has 0 spiro atoms. The van der Waals surface area contributed by atoms with Crippen molar-refractivity contribution in [3.8, 4) is 0 Å². The van der Waals surface area contributed by atoms with E-state index in [2.05, 4.69) is 0 Å². The predicted molar refractivity (Wildman–Crippen MR) is 49.1 cm³/mol. The summed E-state index contributed by atoms with van der Waals surface area (Å²) in [7, 11) is 0. The predicted octanol–water partition coefficient (Wildman–Crippen LogP) is -0.0691. The van der Waals surface area contributed by atoms with Crippen molar-refractivity contribution in [2.45, 2.75) is 18.4 Å². The van der Waals surface area contributed by atoms with Gasteiger partial charge in [0.05, 0.1) is 5.92 Å². The molecule has 0 heterocycles. The Balaban J connectivity index is 0.000000980. The summed E-state index contributed by atoms with van der Waals surface area (Å²) >= 11 is 0. The molecule has 3 rings (SSSR count). The number of aliphatic carboxylic acids is 2. The highest BCUT2D eigenvalue weighted by Gasteiger charge is 2.66. The van der Waals surface area contributed by atoms with E-state index < -0.39 is 23.4 Å². The van der Waals surface area contributed by atoms with Gasteiger partial charge in [0.2, 0.25) is 0 Å². The standard InChI is InChI=1S/C8H11NO4.ClH/c9-8(7(12)13)2-3-1-4(8)5(3)6(10)11;/h3-5H,1-2,9H2,(H,10,11)(H,12,13);1H. The zero-order valence-corrected chi connectivity index (χ0v) is 8.16. The Kier molecular flexibility index (Phi) is 2.49. The Morgan fingerprint density at radius 2 is 1.93 bits per heavy atom. The number of fused-ring (bicyclic) bond motifs is 1. The maximum absolute atomic E-state index is 10.8. The van der Waals surface area contributed by atoms with E-state index in [-0.39, 0.29) is 24.2 Å². The molecule has 3 aliphatic carbocycles. The lowest BCUT2D eigenvalue weighted by Gasteiger charge is -2.35. The van der Waals surface area contributed by atoms with Gasteiger partial charge in [-0.25, -0.2) is 0 Å². The Hall–Kier alpha value is -0.810. The minimum atomic E-state index is -1.28. The van der Waals surface area contributed by atoms with Gasteiger partial charge in [0, 0.05) is 5.92 Å². The third kappa shape index (κ3) is 1.12. The highest BCUT2D eigenvalue weighted by Crippen LogP contribution is 2.58. The fraction of sp³-hybridized carbons (Fsp3) is 0.750. The van der Waals surface area contributed by atoms with Crippen LogP contribution in [-0.4, -0.2) is 27.7 Å². The van der Waals surface area contributed by atoms with Crippen LogP contribution < -0.4 is 5.73 Å². The van der Waals surface area contributed by atoms with Crippen molar-refractivity contribution in [1.82, 2.24) is 0 Å². The van der Waals surface area contributed by atoms with E-state index in [0.29, 0.717) is 12.8 Å². The van der Waals surface area contributed by atoms with Crippen molar-refractivity contribution < 1.29 is 19.8 Å². The number of carbonyl (C=O) groups is 2. The molecular formula is C8H12ClNO4. The normalized spacial score (nSPS) is 43.6. The third-order valence-corrected chi connectivity index (χ3v) is 3.44. The molecule has 4 unspecified atom stereocenters. The second kappa shape index (κ2) is 3.10. The Bertz CT molecular complexity index is 295. The Labute approximate surface area is 86.7 Å². The summed E-state index contributed by atoms with van der Waals surface area (Å²) in [5.74, 6) is -2.89. The first kappa shape index (κ1) is 11.3. The molecule has 14 heavy (non-hydrogen) atoms. The minimum absolute atomic E-state index is 0. The van der Waals surface area contributed by atoms with E-state index in [1.165, 1.54) is 0 Å². The van der Waals surface area contributed by atoms with Crippen LogP contribution in [0.2, 0.25) is 0 Å². The van der Waals surface area contributed by atoms with E-state index in [4.69, 9.17) is 15.9 Å². The molecular weight excluding hydrogens is 210 g/mol. The summed E-state index contributed by atoms with van der Waals surface area (Å²) < 4.78 is 0. The lowest BCUT2D eigenvalue weighted by Crippen LogP contribution is -2.53. The zero-order valence-electron chi connectivity index (χ0n) is 7.34. The minimum Gasteiger partial charge on any atom is -0.481 e. The van der Waals surface area contributed by atoms with Crippen LogP contribution in [0.15, 0.2) is 0 Å². The van der Waals surface area contributed by atoms with Crippen LogP contribution in [0.25, 0.3) is 0 Å². The van der Waals surface area contributed by atoms with Crippen LogP contribution in [-0.2, 0) is 9.59 Å². The molecule has 0 aromatic heterocycles. The van der Waals surface area contributed by atoms with Gasteiger partial charge in [0.1, 0.15) is 5.54 Å². The van der Waals surface area contributed by atoms with Crippen LogP contribution in [0.3, 0.4) is 0 Å². The van der Waals surface area contributed by atoms with Crippen molar-refractivity contribution in [3.05, 3.63) is 0 Å². The molecule has 5 nitrogen and oxygen atoms in total. The molecule has 2 bridgehead atoms. The van der Waals surface area contributed by atoms with Gasteiger partial charge in [0.25, 0.3) is 0 Å². The molecule has 3 aliphatic rings. The molecule has 0 aromatic carbocycles. The van der Waals surface area contributed by atoms with Crippen molar-refractivity contribution in [1.29, 1.82) is 0 Å². The average molecular weight is 222 g/mol. The summed E-state index contributed by atoms with van der Waals surface area (Å²) in [4.78, 5) is 21.5. The highest BCUT2D eigenvalue weighted by atomic mass is 35.5. The first-order chi connectivity index (χ1) is 5.97. The number of hydrogen-bond acceptors (Lipinski definition) is 3. The van der Waals surface area contributed by atoms with Crippen LogP contribution in [0.5, 0.6) is 0 Å². The number of rotatable bonds is 2. The summed E-state index contributed by atoms with van der Waals surface area (Å²) in [5.41, 5.74) is 4.37. The van der Waals surface area contributed by atoms with Gasteiger partial charge >= 0.3 is 11.9 Å². The molecule has 4 atom stereocenters. The summed E-state index contributed by atoms with van der Waals surface area (Å²) in [6, 6.07) is 0. The summed E-state index contributed by atoms with van der Waals surface area (Å²) in [6.07, 6.45) is 0.962. The molecule has 80 valence electrons. The number of carboxylic acids is 2. The topological polar surface area (TPSA) is 101 Å². The lowest BCUT2D eigenvalue weighted by atomic mass is 9.69. The van der Waals surface area contributed by atoms with E-state index in [1.54, 1.807) is 0 Å². The largest absolute Gasteiger partial charge is 0.481 e. The van der Waals surface area contributed by atoms with Crippen LogP contribution in [0.1, 0.15) is 12.8 Å². The average Bonchev–Trinajstić information content (AvgIpc) is 2.38. The Morgan fingerprint density at radius 3 is 2.21 bits per heavy atom. The van der Waals surface area contributed by atoms with E-state index in [1.807, 2.05) is 0 Å². The number of carboxylic acid groups (broad SMARTS) is 2. The molecule has 4 N–H and O–H groups in total. The van der Waals surface area contributed by atoms with Crippen LogP contribution >= 0.6 is 12.4 Å². The molecule has 6 heteroatoms. The second-order valence-electron chi connectivity index (χ2n) is 4.02.